The van der Waals surface area contributed by atoms with Gasteiger partial charge in [-0.3, -0.25) is 9.69 Å². The number of Topliss-reactive ketones (excluding diaryl/α,β-unsaturated/α-hetero) is 1. The van der Waals surface area contributed by atoms with Crippen LogP contribution in [0.5, 0.6) is 5.75 Å². The summed E-state index contributed by atoms with van der Waals surface area (Å²) in [5.41, 5.74) is 1.15. The monoisotopic (exact) mass is 221 g/mol. The van der Waals surface area contributed by atoms with E-state index in [9.17, 15) is 4.79 Å². The van der Waals surface area contributed by atoms with Crippen molar-refractivity contribution in [2.24, 2.45) is 0 Å². The zero-order valence-corrected chi connectivity index (χ0v) is 10.4. The van der Waals surface area contributed by atoms with E-state index in [4.69, 9.17) is 4.74 Å². The van der Waals surface area contributed by atoms with Crippen molar-refractivity contribution in [2.45, 2.75) is 19.4 Å². The number of hydrogen-bond donors (Lipinski definition) is 0. The van der Waals surface area contributed by atoms with Gasteiger partial charge in [0.15, 0.2) is 0 Å². The second kappa shape index (κ2) is 5.66. The lowest BCUT2D eigenvalue weighted by Crippen LogP contribution is -2.36. The predicted molar refractivity (Wildman–Crippen MR) is 64.9 cm³/mol. The molecular weight excluding hydrogens is 202 g/mol. The van der Waals surface area contributed by atoms with Gasteiger partial charge in [-0.2, -0.15) is 0 Å². The molecule has 0 spiro atoms. The number of methoxy groups -OCH3 is 1. The second-order valence-corrected chi connectivity index (χ2v) is 4.14. The highest BCUT2D eigenvalue weighted by molar-refractivity contribution is 5.81. The van der Waals surface area contributed by atoms with Crippen LogP contribution in [0.15, 0.2) is 24.3 Å². The Balaban J connectivity index is 2.74. The number of nitrogens with zero attached hydrogens (tertiary/aromatic N) is 1. The third kappa shape index (κ3) is 3.35. The Morgan fingerprint density at radius 1 is 1.31 bits per heavy atom. The van der Waals surface area contributed by atoms with Crippen molar-refractivity contribution < 1.29 is 9.53 Å². The van der Waals surface area contributed by atoms with Crippen LogP contribution < -0.4 is 4.74 Å². The molecule has 0 saturated heterocycles. The quantitative estimate of drug-likeness (QED) is 0.758. The predicted octanol–water partition coefficient (Wildman–Crippen LogP) is 1.76. The Morgan fingerprint density at radius 3 is 2.25 bits per heavy atom. The lowest BCUT2D eigenvalue weighted by molar-refractivity contribution is -0.121. The average Bonchev–Trinajstić information content (AvgIpc) is 2.25. The summed E-state index contributed by atoms with van der Waals surface area (Å²) in [7, 11) is 5.50. The van der Waals surface area contributed by atoms with Gasteiger partial charge < -0.3 is 4.74 Å². The minimum atomic E-state index is -0.0478. The van der Waals surface area contributed by atoms with Gasteiger partial charge in [0, 0.05) is 0 Å². The van der Waals surface area contributed by atoms with Gasteiger partial charge in [-0.15, -0.1) is 0 Å². The molecule has 16 heavy (non-hydrogen) atoms. The van der Waals surface area contributed by atoms with E-state index in [0.29, 0.717) is 0 Å². The maximum Gasteiger partial charge on any atom is 0.147 e. The molecule has 0 unspecified atom stereocenters. The molecule has 0 fully saturated rings. The first-order valence-electron chi connectivity index (χ1n) is 5.34. The fraction of sp³-hybridized carbons (Fsp3) is 0.462. The van der Waals surface area contributed by atoms with E-state index in [1.165, 1.54) is 0 Å². The van der Waals surface area contributed by atoms with Crippen LogP contribution in [0.4, 0.5) is 0 Å². The van der Waals surface area contributed by atoms with Crippen LogP contribution in [0.25, 0.3) is 0 Å². The van der Waals surface area contributed by atoms with Crippen LogP contribution in [0, 0.1) is 0 Å². The molecule has 0 heterocycles. The minimum absolute atomic E-state index is 0.0478. The summed E-state index contributed by atoms with van der Waals surface area (Å²) in [4.78, 5) is 13.4. The zero-order valence-electron chi connectivity index (χ0n) is 10.4. The number of rotatable bonds is 5. The highest BCUT2D eigenvalue weighted by Gasteiger charge is 2.16. The Bertz CT molecular complexity index is 343. The first kappa shape index (κ1) is 12.7. The Morgan fingerprint density at radius 2 is 1.88 bits per heavy atom. The Labute approximate surface area is 97.0 Å². The number of ether oxygens (including phenoxy) is 1. The molecule has 0 radical (unpaired) electrons. The molecule has 0 aliphatic carbocycles. The van der Waals surface area contributed by atoms with E-state index in [-0.39, 0.29) is 11.8 Å². The van der Waals surface area contributed by atoms with Crippen LogP contribution in [0.2, 0.25) is 0 Å². The largest absolute Gasteiger partial charge is 0.497 e. The van der Waals surface area contributed by atoms with Gasteiger partial charge in [-0.05, 0) is 45.1 Å². The summed E-state index contributed by atoms with van der Waals surface area (Å²) in [6.07, 6.45) is 0.742. The average molecular weight is 221 g/mol. The Hall–Kier alpha value is -1.35. The summed E-state index contributed by atoms with van der Waals surface area (Å²) >= 11 is 0. The highest BCUT2D eigenvalue weighted by Crippen LogP contribution is 2.14. The molecular formula is C13H19NO2. The van der Waals surface area contributed by atoms with Gasteiger partial charge >= 0.3 is 0 Å². The van der Waals surface area contributed by atoms with E-state index in [1.54, 1.807) is 14.0 Å². The number of carbonyl (C=O) groups is 1. The van der Waals surface area contributed by atoms with Crippen molar-refractivity contribution in [2.75, 3.05) is 21.2 Å². The summed E-state index contributed by atoms with van der Waals surface area (Å²) in [5, 5.41) is 0. The van der Waals surface area contributed by atoms with Crippen molar-refractivity contribution in [3.8, 4) is 5.75 Å². The van der Waals surface area contributed by atoms with E-state index >= 15 is 0 Å². The molecule has 0 saturated carbocycles. The topological polar surface area (TPSA) is 29.5 Å². The fourth-order valence-corrected chi connectivity index (χ4v) is 1.67. The maximum atomic E-state index is 11.4. The summed E-state index contributed by atoms with van der Waals surface area (Å²) < 4.78 is 5.09. The molecule has 3 heteroatoms. The van der Waals surface area contributed by atoms with E-state index < -0.39 is 0 Å². The normalized spacial score (nSPS) is 12.6. The first-order chi connectivity index (χ1) is 7.54. The zero-order chi connectivity index (χ0) is 12.1. The van der Waals surface area contributed by atoms with Crippen molar-refractivity contribution in [3.05, 3.63) is 29.8 Å². The minimum Gasteiger partial charge on any atom is -0.497 e. The van der Waals surface area contributed by atoms with Crippen molar-refractivity contribution in [3.63, 3.8) is 0 Å². The molecule has 1 aromatic carbocycles. The molecule has 0 bridgehead atoms. The fourth-order valence-electron chi connectivity index (χ4n) is 1.67. The SMILES string of the molecule is COc1ccc(C[C@H](C(C)=O)N(C)C)cc1. The van der Waals surface area contributed by atoms with Gasteiger partial charge in [0.2, 0.25) is 0 Å². The molecule has 0 aromatic heterocycles. The summed E-state index contributed by atoms with van der Waals surface area (Å²) in [5.74, 6) is 1.04. The van der Waals surface area contributed by atoms with Crippen LogP contribution in [0.3, 0.4) is 0 Å². The third-order valence-electron chi connectivity index (χ3n) is 2.68. The second-order valence-electron chi connectivity index (χ2n) is 4.14. The smallest absolute Gasteiger partial charge is 0.147 e. The van der Waals surface area contributed by atoms with Crippen LogP contribution >= 0.6 is 0 Å². The Kier molecular flexibility index (Phi) is 4.50. The van der Waals surface area contributed by atoms with Gasteiger partial charge in [-0.1, -0.05) is 12.1 Å². The van der Waals surface area contributed by atoms with Gasteiger partial charge in [0.05, 0.1) is 13.2 Å². The highest BCUT2D eigenvalue weighted by atomic mass is 16.5. The number of ketones is 1. The molecule has 1 rings (SSSR count). The number of carbonyl (C=O) groups excluding carboxylic acids is 1. The maximum absolute atomic E-state index is 11.4. The van der Waals surface area contributed by atoms with Crippen molar-refractivity contribution in [1.29, 1.82) is 0 Å². The molecule has 88 valence electrons. The van der Waals surface area contributed by atoms with Crippen LogP contribution in [-0.2, 0) is 11.2 Å². The molecule has 1 atom stereocenters. The lowest BCUT2D eigenvalue weighted by Gasteiger charge is -2.21. The third-order valence-corrected chi connectivity index (χ3v) is 2.68. The van der Waals surface area contributed by atoms with Gasteiger partial charge in [0.1, 0.15) is 11.5 Å². The first-order valence-corrected chi connectivity index (χ1v) is 5.34. The molecule has 0 amide bonds. The van der Waals surface area contributed by atoms with Crippen LogP contribution in [0.1, 0.15) is 12.5 Å². The summed E-state index contributed by atoms with van der Waals surface area (Å²) in [6.45, 7) is 1.63. The van der Waals surface area contributed by atoms with Crippen molar-refractivity contribution >= 4 is 5.78 Å². The number of hydrogen-bond acceptors (Lipinski definition) is 3. The van der Waals surface area contributed by atoms with Crippen LogP contribution in [-0.4, -0.2) is 37.9 Å². The molecule has 1 aromatic rings. The summed E-state index contributed by atoms with van der Waals surface area (Å²) in [6, 6.07) is 7.79. The van der Waals surface area contributed by atoms with E-state index in [1.807, 2.05) is 43.3 Å². The molecule has 3 nitrogen and oxygen atoms in total. The van der Waals surface area contributed by atoms with Gasteiger partial charge in [-0.25, -0.2) is 0 Å². The van der Waals surface area contributed by atoms with Crippen molar-refractivity contribution in [1.82, 2.24) is 4.90 Å². The van der Waals surface area contributed by atoms with E-state index in [2.05, 4.69) is 0 Å². The molecule has 0 aliphatic heterocycles. The molecule has 0 N–H and O–H groups in total. The van der Waals surface area contributed by atoms with Gasteiger partial charge in [0.25, 0.3) is 0 Å². The molecule has 0 aliphatic rings. The standard InChI is InChI=1S/C13H19NO2/c1-10(15)13(14(2)3)9-11-5-7-12(16-4)8-6-11/h5-8,13H,9H2,1-4H3/t13-/m1/s1. The number of benzene rings is 1. The number of likely N-dealkylation sites (N-methyl/N-ethyl adjacent to an activating group) is 1. The van der Waals surface area contributed by atoms with E-state index in [0.717, 1.165) is 17.7 Å². The lowest BCUT2D eigenvalue weighted by atomic mass is 10.0.